The fourth-order valence-electron chi connectivity index (χ4n) is 3.12. The molecular formula is C18H33N3. The smallest absolute Gasteiger partial charge is 0.127 e. The predicted molar refractivity (Wildman–Crippen MR) is 90.7 cm³/mol. The molecule has 1 heterocycles. The van der Waals surface area contributed by atoms with Gasteiger partial charge in [0.05, 0.1) is 5.69 Å². The highest BCUT2D eigenvalue weighted by atomic mass is 15.2. The van der Waals surface area contributed by atoms with E-state index in [4.69, 9.17) is 10.7 Å². The molecule has 1 aromatic rings. The van der Waals surface area contributed by atoms with Crippen molar-refractivity contribution in [1.82, 2.24) is 9.55 Å². The number of rotatable bonds is 10. The van der Waals surface area contributed by atoms with Crippen molar-refractivity contribution < 1.29 is 0 Å². The van der Waals surface area contributed by atoms with Gasteiger partial charge in [-0.15, -0.1) is 0 Å². The Hall–Kier alpha value is -0.990. The zero-order valence-electron chi connectivity index (χ0n) is 14.2. The van der Waals surface area contributed by atoms with Crippen LogP contribution < -0.4 is 5.73 Å². The van der Waals surface area contributed by atoms with Gasteiger partial charge in [0.25, 0.3) is 0 Å². The molecule has 1 aromatic heterocycles. The van der Waals surface area contributed by atoms with Gasteiger partial charge in [0, 0.05) is 12.0 Å². The Labute approximate surface area is 130 Å². The Morgan fingerprint density at radius 2 is 1.71 bits per heavy atom. The topological polar surface area (TPSA) is 43.8 Å². The van der Waals surface area contributed by atoms with E-state index in [1.54, 1.807) is 0 Å². The summed E-state index contributed by atoms with van der Waals surface area (Å²) < 4.78 is 2.27. The van der Waals surface area contributed by atoms with Crippen molar-refractivity contribution in [2.45, 2.75) is 96.9 Å². The van der Waals surface area contributed by atoms with Gasteiger partial charge in [0.15, 0.2) is 0 Å². The van der Waals surface area contributed by atoms with E-state index in [2.05, 4.69) is 25.3 Å². The van der Waals surface area contributed by atoms with Crippen molar-refractivity contribution in [2.24, 2.45) is 0 Å². The molecule has 2 rings (SSSR count). The van der Waals surface area contributed by atoms with Crippen molar-refractivity contribution in [3.05, 3.63) is 11.5 Å². The average molecular weight is 291 g/mol. The van der Waals surface area contributed by atoms with Gasteiger partial charge in [-0.05, 0) is 39.5 Å². The fourth-order valence-corrected chi connectivity index (χ4v) is 3.12. The Morgan fingerprint density at radius 3 is 2.29 bits per heavy atom. The van der Waals surface area contributed by atoms with E-state index in [1.165, 1.54) is 63.6 Å². The number of nitrogens with zero attached hydrogens (tertiary/aromatic N) is 2. The number of nitrogens with two attached hydrogens (primary N) is 1. The van der Waals surface area contributed by atoms with Crippen LogP contribution in [0.4, 0.5) is 5.82 Å². The van der Waals surface area contributed by atoms with Gasteiger partial charge >= 0.3 is 0 Å². The summed E-state index contributed by atoms with van der Waals surface area (Å²) in [5.74, 6) is 2.86. The molecular weight excluding hydrogens is 258 g/mol. The summed E-state index contributed by atoms with van der Waals surface area (Å²) in [6.45, 7) is 6.69. The third kappa shape index (κ3) is 4.49. The first-order valence-corrected chi connectivity index (χ1v) is 9.01. The zero-order chi connectivity index (χ0) is 15.2. The molecule has 0 atom stereocenters. The van der Waals surface area contributed by atoms with E-state index in [9.17, 15) is 0 Å². The van der Waals surface area contributed by atoms with Crippen molar-refractivity contribution in [3.8, 4) is 0 Å². The van der Waals surface area contributed by atoms with Crippen molar-refractivity contribution >= 4 is 5.82 Å². The van der Waals surface area contributed by atoms with Crippen LogP contribution in [0.5, 0.6) is 0 Å². The second-order valence-electron chi connectivity index (χ2n) is 6.91. The number of aromatic nitrogens is 2. The van der Waals surface area contributed by atoms with E-state index < -0.39 is 0 Å². The number of nitrogen functional groups attached to an aromatic ring is 1. The summed E-state index contributed by atoms with van der Waals surface area (Å²) in [7, 11) is 0. The first-order valence-electron chi connectivity index (χ1n) is 9.01. The molecule has 1 saturated carbocycles. The lowest BCUT2D eigenvalue weighted by Gasteiger charge is -2.13. The molecule has 1 aliphatic carbocycles. The van der Waals surface area contributed by atoms with E-state index in [1.807, 2.05) is 0 Å². The summed E-state index contributed by atoms with van der Waals surface area (Å²) in [4.78, 5) is 4.88. The highest BCUT2D eigenvalue weighted by Gasteiger charge is 2.31. The number of unbranched alkanes of at least 4 members (excludes halogenated alkanes) is 6. The van der Waals surface area contributed by atoms with Crippen LogP contribution in [-0.2, 0) is 6.42 Å². The molecule has 0 spiro atoms. The standard InChI is InChI=1S/C18H33N3/c1-4-5-6-7-8-9-10-11-16-17(19)21(14(2)3)18(20-16)15-12-13-15/h14-15H,4-13,19H2,1-3H3. The van der Waals surface area contributed by atoms with Crippen molar-refractivity contribution in [1.29, 1.82) is 0 Å². The van der Waals surface area contributed by atoms with Crippen LogP contribution in [0, 0.1) is 0 Å². The quantitative estimate of drug-likeness (QED) is 0.601. The number of hydrogen-bond donors (Lipinski definition) is 1. The van der Waals surface area contributed by atoms with Crippen LogP contribution in [0.2, 0.25) is 0 Å². The lowest BCUT2D eigenvalue weighted by Crippen LogP contribution is -2.09. The third-order valence-electron chi connectivity index (χ3n) is 4.53. The fraction of sp³-hybridized carbons (Fsp3) is 0.833. The van der Waals surface area contributed by atoms with Crippen LogP contribution >= 0.6 is 0 Å². The minimum Gasteiger partial charge on any atom is -0.384 e. The van der Waals surface area contributed by atoms with Gasteiger partial charge in [0.1, 0.15) is 11.6 Å². The molecule has 21 heavy (non-hydrogen) atoms. The van der Waals surface area contributed by atoms with Crippen LogP contribution in [0.15, 0.2) is 0 Å². The summed E-state index contributed by atoms with van der Waals surface area (Å²) >= 11 is 0. The molecule has 0 unspecified atom stereocenters. The molecule has 3 heteroatoms. The van der Waals surface area contributed by atoms with Crippen LogP contribution in [0.3, 0.4) is 0 Å². The first kappa shape index (κ1) is 16.4. The van der Waals surface area contributed by atoms with Crippen LogP contribution in [-0.4, -0.2) is 9.55 Å². The van der Waals surface area contributed by atoms with Gasteiger partial charge in [-0.25, -0.2) is 4.98 Å². The molecule has 1 aliphatic rings. The van der Waals surface area contributed by atoms with Crippen molar-refractivity contribution in [2.75, 3.05) is 5.73 Å². The monoisotopic (exact) mass is 291 g/mol. The molecule has 3 nitrogen and oxygen atoms in total. The SMILES string of the molecule is CCCCCCCCCc1nc(C2CC2)n(C(C)C)c1N. The molecule has 0 saturated heterocycles. The number of anilines is 1. The maximum absolute atomic E-state index is 6.35. The summed E-state index contributed by atoms with van der Waals surface area (Å²) in [5, 5.41) is 0. The average Bonchev–Trinajstić information content (AvgIpc) is 3.23. The second-order valence-corrected chi connectivity index (χ2v) is 6.91. The molecule has 0 aromatic carbocycles. The molecule has 0 bridgehead atoms. The maximum atomic E-state index is 6.35. The molecule has 0 amide bonds. The van der Waals surface area contributed by atoms with Gasteiger partial charge in [-0.2, -0.15) is 0 Å². The molecule has 2 N–H and O–H groups in total. The van der Waals surface area contributed by atoms with Crippen LogP contribution in [0.1, 0.15) is 102 Å². The maximum Gasteiger partial charge on any atom is 0.127 e. The lowest BCUT2D eigenvalue weighted by molar-refractivity contribution is 0.576. The zero-order valence-corrected chi connectivity index (χ0v) is 14.2. The summed E-state index contributed by atoms with van der Waals surface area (Å²) in [6, 6.07) is 0.427. The Bertz CT molecular complexity index is 430. The minimum atomic E-state index is 0.427. The Kier molecular flexibility index (Phi) is 6.13. The Morgan fingerprint density at radius 1 is 1.10 bits per heavy atom. The number of imidazole rings is 1. The van der Waals surface area contributed by atoms with Crippen molar-refractivity contribution in [3.63, 3.8) is 0 Å². The van der Waals surface area contributed by atoms with Gasteiger partial charge in [-0.3, -0.25) is 0 Å². The molecule has 120 valence electrons. The van der Waals surface area contributed by atoms with Crippen LogP contribution in [0.25, 0.3) is 0 Å². The number of aryl methyl sites for hydroxylation is 1. The third-order valence-corrected chi connectivity index (χ3v) is 4.53. The number of hydrogen-bond acceptors (Lipinski definition) is 2. The largest absolute Gasteiger partial charge is 0.384 e. The van der Waals surface area contributed by atoms with Gasteiger partial charge in [-0.1, -0.05) is 45.4 Å². The molecule has 0 aliphatic heterocycles. The lowest BCUT2D eigenvalue weighted by atomic mass is 10.1. The van der Waals surface area contributed by atoms with E-state index in [-0.39, 0.29) is 0 Å². The van der Waals surface area contributed by atoms with Gasteiger partial charge < -0.3 is 10.3 Å². The second kappa shape index (κ2) is 7.86. The predicted octanol–water partition coefficient (Wildman–Crippen LogP) is 5.22. The molecule has 1 fully saturated rings. The van der Waals surface area contributed by atoms with E-state index in [0.717, 1.165) is 17.9 Å². The van der Waals surface area contributed by atoms with Gasteiger partial charge in [0.2, 0.25) is 0 Å². The van der Waals surface area contributed by atoms with E-state index >= 15 is 0 Å². The molecule has 0 radical (unpaired) electrons. The first-order chi connectivity index (χ1) is 10.1. The summed E-state index contributed by atoms with van der Waals surface area (Å²) in [5.41, 5.74) is 7.50. The highest BCUT2D eigenvalue weighted by molar-refractivity contribution is 5.40. The Balaban J connectivity index is 1.82. The van der Waals surface area contributed by atoms with E-state index in [0.29, 0.717) is 12.0 Å². The minimum absolute atomic E-state index is 0.427. The normalized spacial score (nSPS) is 15.0. The highest BCUT2D eigenvalue weighted by Crippen LogP contribution is 2.42. The summed E-state index contributed by atoms with van der Waals surface area (Å²) in [6.07, 6.45) is 13.0.